The number of rotatable bonds is 14. The van der Waals surface area contributed by atoms with Crippen LogP contribution in [0.2, 0.25) is 0 Å². The van der Waals surface area contributed by atoms with Crippen LogP contribution >= 0.6 is 0 Å². The molecule has 4 rings (SSSR count). The maximum Gasteiger partial charge on any atom is 0.343 e. The molecule has 6 heteroatoms. The van der Waals surface area contributed by atoms with Crippen LogP contribution in [0.25, 0.3) is 17.2 Å². The smallest absolute Gasteiger partial charge is 0.343 e. The molecular weight excluding hydrogens is 528 g/mol. The zero-order valence-corrected chi connectivity index (χ0v) is 24.1. The van der Waals surface area contributed by atoms with Crippen molar-refractivity contribution in [1.29, 1.82) is 0 Å². The van der Waals surface area contributed by atoms with Crippen molar-refractivity contribution in [2.24, 2.45) is 0 Å². The van der Waals surface area contributed by atoms with Crippen molar-refractivity contribution in [3.8, 4) is 34.1 Å². The molecule has 0 unspecified atom stereocenters. The molecule has 0 spiro atoms. The molecule has 4 aromatic rings. The van der Waals surface area contributed by atoms with Crippen LogP contribution in [0.3, 0.4) is 0 Å². The van der Waals surface area contributed by atoms with E-state index in [0.29, 0.717) is 35.8 Å². The molecule has 0 N–H and O–H groups in total. The molecule has 0 saturated heterocycles. The molecule has 0 aliphatic carbocycles. The molecule has 0 fully saturated rings. The lowest BCUT2D eigenvalue weighted by Crippen LogP contribution is -2.09. The largest absolute Gasteiger partial charge is 0.494 e. The summed E-state index contributed by atoms with van der Waals surface area (Å²) in [7, 11) is 0. The normalized spacial score (nSPS) is 10.5. The Kier molecular flexibility index (Phi) is 10.9. The Morgan fingerprint density at radius 3 is 1.55 bits per heavy atom. The van der Waals surface area contributed by atoms with E-state index in [4.69, 9.17) is 18.9 Å². The summed E-state index contributed by atoms with van der Waals surface area (Å²) in [5.74, 6) is 1.44. The molecule has 216 valence electrons. The number of carbonyl (C=O) groups is 2. The monoisotopic (exact) mass is 564 g/mol. The van der Waals surface area contributed by atoms with E-state index in [9.17, 15) is 9.59 Å². The minimum absolute atomic E-state index is 0.402. The van der Waals surface area contributed by atoms with Gasteiger partial charge in [-0.3, -0.25) is 0 Å². The van der Waals surface area contributed by atoms with Crippen LogP contribution in [0.15, 0.2) is 97.6 Å². The van der Waals surface area contributed by atoms with E-state index in [1.165, 1.54) is 0 Å². The minimum Gasteiger partial charge on any atom is -0.494 e. The van der Waals surface area contributed by atoms with Gasteiger partial charge in [0.1, 0.15) is 23.0 Å². The van der Waals surface area contributed by atoms with Crippen molar-refractivity contribution >= 4 is 18.0 Å². The van der Waals surface area contributed by atoms with Crippen LogP contribution in [0.5, 0.6) is 23.0 Å². The molecule has 0 atom stereocenters. The zero-order chi connectivity index (χ0) is 29.7. The molecule has 0 aliphatic heterocycles. The first kappa shape index (κ1) is 30.1. The SMILES string of the molecule is C=Cc1cc(C(=O)Oc2ccc(OCCCC)cc2)ccc1-c1ccc(C(=O)Oc2ccc(OCCCC)cc2)cc1. The van der Waals surface area contributed by atoms with Gasteiger partial charge in [0.25, 0.3) is 0 Å². The van der Waals surface area contributed by atoms with E-state index in [1.54, 1.807) is 78.9 Å². The molecule has 0 aliphatic rings. The Morgan fingerprint density at radius 1 is 0.619 bits per heavy atom. The second kappa shape index (κ2) is 15.2. The molecule has 4 aromatic carbocycles. The van der Waals surface area contributed by atoms with Gasteiger partial charge in [0.2, 0.25) is 0 Å². The van der Waals surface area contributed by atoms with Gasteiger partial charge in [-0.15, -0.1) is 0 Å². The van der Waals surface area contributed by atoms with E-state index in [1.807, 2.05) is 18.2 Å². The number of ether oxygens (including phenoxy) is 4. The highest BCUT2D eigenvalue weighted by Gasteiger charge is 2.14. The molecule has 6 nitrogen and oxygen atoms in total. The average molecular weight is 565 g/mol. The van der Waals surface area contributed by atoms with Crippen LogP contribution in [-0.2, 0) is 0 Å². The molecule has 42 heavy (non-hydrogen) atoms. The van der Waals surface area contributed by atoms with E-state index in [-0.39, 0.29) is 0 Å². The van der Waals surface area contributed by atoms with Crippen molar-refractivity contribution in [2.45, 2.75) is 39.5 Å². The van der Waals surface area contributed by atoms with E-state index < -0.39 is 11.9 Å². The van der Waals surface area contributed by atoms with E-state index >= 15 is 0 Å². The maximum absolute atomic E-state index is 12.8. The molecule has 0 radical (unpaired) electrons. The Hall–Kier alpha value is -4.84. The standard InChI is InChI=1S/C36H36O6/c1-4-7-23-39-30-14-18-32(19-15-30)41-35(37)28-11-9-27(10-12-28)34-22-13-29(25-26(34)6-3)36(38)42-33-20-16-31(17-21-33)40-24-8-5-2/h6,9-22,25H,3-5,7-8,23-24H2,1-2H3. The quantitative estimate of drug-likeness (QED) is 0.0866. The predicted octanol–water partition coefficient (Wildman–Crippen LogP) is 8.79. The number of esters is 2. The highest BCUT2D eigenvalue weighted by Crippen LogP contribution is 2.28. The van der Waals surface area contributed by atoms with Crippen LogP contribution in [0, 0.1) is 0 Å². The van der Waals surface area contributed by atoms with E-state index in [0.717, 1.165) is 53.9 Å². The molecule has 0 saturated carbocycles. The highest BCUT2D eigenvalue weighted by molar-refractivity contribution is 5.94. The summed E-state index contributed by atoms with van der Waals surface area (Å²) in [5.41, 5.74) is 3.33. The summed E-state index contributed by atoms with van der Waals surface area (Å²) in [4.78, 5) is 25.5. The number of unbranched alkanes of at least 4 members (excludes halogenated alkanes) is 2. The van der Waals surface area contributed by atoms with Gasteiger partial charge in [0.15, 0.2) is 0 Å². The summed E-state index contributed by atoms with van der Waals surface area (Å²) >= 11 is 0. The summed E-state index contributed by atoms with van der Waals surface area (Å²) in [6.07, 6.45) is 5.79. The van der Waals surface area contributed by atoms with Crippen molar-refractivity contribution in [3.63, 3.8) is 0 Å². The van der Waals surface area contributed by atoms with Crippen molar-refractivity contribution in [2.75, 3.05) is 13.2 Å². The highest BCUT2D eigenvalue weighted by atomic mass is 16.5. The van der Waals surface area contributed by atoms with Crippen LogP contribution in [-0.4, -0.2) is 25.2 Å². The average Bonchev–Trinajstić information content (AvgIpc) is 3.02. The van der Waals surface area contributed by atoms with Gasteiger partial charge in [0, 0.05) is 0 Å². The van der Waals surface area contributed by atoms with Gasteiger partial charge in [-0.1, -0.05) is 57.5 Å². The van der Waals surface area contributed by atoms with Crippen LogP contribution in [0.4, 0.5) is 0 Å². The van der Waals surface area contributed by atoms with Crippen molar-refractivity contribution < 1.29 is 28.5 Å². The van der Waals surface area contributed by atoms with Crippen LogP contribution < -0.4 is 18.9 Å². The Balaban J connectivity index is 1.38. The van der Waals surface area contributed by atoms with Crippen molar-refractivity contribution in [3.05, 3.63) is 114 Å². The maximum atomic E-state index is 12.8. The first-order valence-corrected chi connectivity index (χ1v) is 14.3. The Morgan fingerprint density at radius 2 is 1.07 bits per heavy atom. The molecule has 0 heterocycles. The fourth-order valence-electron chi connectivity index (χ4n) is 4.12. The summed E-state index contributed by atoms with van der Waals surface area (Å²) in [6.45, 7) is 9.45. The third-order valence-corrected chi connectivity index (χ3v) is 6.54. The lowest BCUT2D eigenvalue weighted by atomic mass is 9.96. The molecular formula is C36H36O6. The second-order valence-corrected chi connectivity index (χ2v) is 9.71. The lowest BCUT2D eigenvalue weighted by Gasteiger charge is -2.11. The molecule has 0 amide bonds. The summed E-state index contributed by atoms with van der Waals surface area (Å²) < 4.78 is 22.4. The third-order valence-electron chi connectivity index (χ3n) is 6.54. The predicted molar refractivity (Wildman–Crippen MR) is 166 cm³/mol. The fourth-order valence-corrected chi connectivity index (χ4v) is 4.12. The second-order valence-electron chi connectivity index (χ2n) is 9.71. The Bertz CT molecular complexity index is 1470. The topological polar surface area (TPSA) is 71.1 Å². The minimum atomic E-state index is -0.469. The molecule has 0 bridgehead atoms. The number of carbonyl (C=O) groups excluding carboxylic acids is 2. The zero-order valence-electron chi connectivity index (χ0n) is 24.1. The van der Waals surface area contributed by atoms with Gasteiger partial charge in [-0.2, -0.15) is 0 Å². The van der Waals surface area contributed by atoms with Gasteiger partial charge in [-0.25, -0.2) is 9.59 Å². The summed E-state index contributed by atoms with van der Waals surface area (Å²) in [6, 6.07) is 26.4. The van der Waals surface area contributed by atoms with Crippen molar-refractivity contribution in [1.82, 2.24) is 0 Å². The van der Waals surface area contributed by atoms with Gasteiger partial charge in [0.05, 0.1) is 24.3 Å². The number of hydrogen-bond acceptors (Lipinski definition) is 6. The molecule has 0 aromatic heterocycles. The first-order valence-electron chi connectivity index (χ1n) is 14.3. The third kappa shape index (κ3) is 8.33. The number of hydrogen-bond donors (Lipinski definition) is 0. The Labute approximate surface area is 247 Å². The fraction of sp³-hybridized carbons (Fsp3) is 0.222. The van der Waals surface area contributed by atoms with E-state index in [2.05, 4.69) is 20.4 Å². The van der Waals surface area contributed by atoms with Gasteiger partial charge >= 0.3 is 11.9 Å². The van der Waals surface area contributed by atoms with Gasteiger partial charge in [-0.05, 0) is 102 Å². The summed E-state index contributed by atoms with van der Waals surface area (Å²) in [5, 5.41) is 0. The first-order chi connectivity index (χ1) is 20.5. The van der Waals surface area contributed by atoms with Gasteiger partial charge < -0.3 is 18.9 Å². The lowest BCUT2D eigenvalue weighted by molar-refractivity contribution is 0.0725. The van der Waals surface area contributed by atoms with Crippen LogP contribution in [0.1, 0.15) is 65.8 Å². The number of benzene rings is 4.